The van der Waals surface area contributed by atoms with Crippen molar-refractivity contribution in [1.29, 1.82) is 0 Å². The minimum atomic E-state index is -1.11. The standard InChI is InChI=1S/C31H27Si2/c1-31(32-24-25-13-5-2-6-14-25,28-22-21-26-15-11-12-16-27(26)23-28)33(29-17-7-3-8-18-29)30-19-9-4-10-20-30/h2-23H,24H2,1H3. The molecule has 0 saturated heterocycles. The van der Waals surface area contributed by atoms with Crippen LogP contribution in [0.2, 0.25) is 0 Å². The van der Waals surface area contributed by atoms with Crippen LogP contribution in [0.25, 0.3) is 10.8 Å². The normalized spacial score (nSPS) is 13.2. The summed E-state index contributed by atoms with van der Waals surface area (Å²) in [6, 6.07) is 50.4. The van der Waals surface area contributed by atoms with E-state index in [2.05, 4.69) is 140 Å². The van der Waals surface area contributed by atoms with E-state index in [1.165, 1.54) is 32.3 Å². The van der Waals surface area contributed by atoms with Crippen molar-refractivity contribution in [2.24, 2.45) is 0 Å². The van der Waals surface area contributed by atoms with E-state index < -0.39 is 8.80 Å². The fourth-order valence-corrected chi connectivity index (χ4v) is 10.6. The van der Waals surface area contributed by atoms with E-state index in [4.69, 9.17) is 0 Å². The maximum atomic E-state index is 2.52. The minimum Gasteiger partial charge on any atom is -0.0628 e. The van der Waals surface area contributed by atoms with Gasteiger partial charge in [-0.15, -0.1) is 0 Å². The second kappa shape index (κ2) is 9.74. The quantitative estimate of drug-likeness (QED) is 0.272. The molecule has 0 aliphatic rings. The molecule has 0 nitrogen and oxygen atoms in total. The second-order valence-electron chi connectivity index (χ2n) is 8.63. The Hall–Kier alpha value is -3.21. The number of rotatable bonds is 7. The molecule has 2 heteroatoms. The van der Waals surface area contributed by atoms with Crippen molar-refractivity contribution in [3.63, 3.8) is 0 Å². The summed E-state index contributed by atoms with van der Waals surface area (Å²) < 4.78 is 0.0489. The maximum Gasteiger partial charge on any atom is 0.128 e. The number of fused-ring (bicyclic) bond motifs is 1. The summed E-state index contributed by atoms with van der Waals surface area (Å²) in [7, 11) is -0.335. The van der Waals surface area contributed by atoms with Gasteiger partial charge < -0.3 is 0 Å². The lowest BCUT2D eigenvalue weighted by Gasteiger charge is -2.38. The average Bonchev–Trinajstić information content (AvgIpc) is 2.89. The van der Waals surface area contributed by atoms with Gasteiger partial charge in [0.05, 0.1) is 9.52 Å². The van der Waals surface area contributed by atoms with Gasteiger partial charge in [-0.2, -0.15) is 0 Å². The molecule has 1 unspecified atom stereocenters. The molecule has 5 aromatic rings. The van der Waals surface area contributed by atoms with Crippen LogP contribution in [0.4, 0.5) is 0 Å². The third kappa shape index (κ3) is 4.63. The molecule has 0 fully saturated rings. The Balaban J connectivity index is 1.68. The molecule has 1 atom stereocenters. The molecule has 159 valence electrons. The fraction of sp³-hybridized carbons (Fsp3) is 0.0968. The van der Waals surface area contributed by atoms with Gasteiger partial charge in [-0.05, 0) is 27.0 Å². The van der Waals surface area contributed by atoms with Crippen molar-refractivity contribution < 1.29 is 0 Å². The van der Waals surface area contributed by atoms with Gasteiger partial charge in [0.1, 0.15) is 8.80 Å². The highest BCUT2D eigenvalue weighted by atomic mass is 28.3. The molecule has 0 aromatic heterocycles. The first-order valence-electron chi connectivity index (χ1n) is 11.5. The van der Waals surface area contributed by atoms with E-state index in [1.807, 2.05) is 0 Å². The zero-order chi connectivity index (χ0) is 22.5. The summed E-state index contributed by atoms with van der Waals surface area (Å²) in [5.41, 5.74) is 2.88. The Morgan fingerprint density at radius 2 is 1.09 bits per heavy atom. The van der Waals surface area contributed by atoms with E-state index in [-0.39, 0.29) is 4.66 Å². The van der Waals surface area contributed by atoms with Gasteiger partial charge in [-0.25, -0.2) is 0 Å². The van der Waals surface area contributed by atoms with E-state index in [9.17, 15) is 0 Å². The van der Waals surface area contributed by atoms with E-state index in [1.54, 1.807) is 0 Å². The second-order valence-corrected chi connectivity index (χ2v) is 13.7. The van der Waals surface area contributed by atoms with Crippen LogP contribution in [0.1, 0.15) is 18.1 Å². The Morgan fingerprint density at radius 3 is 1.70 bits per heavy atom. The molecule has 3 radical (unpaired) electrons. The molecule has 33 heavy (non-hydrogen) atoms. The van der Waals surface area contributed by atoms with Crippen LogP contribution in [-0.2, 0) is 10.7 Å². The Labute approximate surface area is 201 Å². The summed E-state index contributed by atoms with van der Waals surface area (Å²) in [5.74, 6) is 0. The van der Waals surface area contributed by atoms with Crippen LogP contribution >= 0.6 is 0 Å². The molecule has 0 aliphatic carbocycles. The Bertz CT molecular complexity index is 1280. The minimum absolute atomic E-state index is 0.0489. The molecule has 5 rings (SSSR count). The highest BCUT2D eigenvalue weighted by Gasteiger charge is 2.40. The SMILES string of the molecule is CC([Si]Cc1ccccc1)(c1ccc2ccccc2c1)[Si](c1ccccc1)c1ccccc1. The van der Waals surface area contributed by atoms with Crippen molar-refractivity contribution in [3.05, 3.63) is 145 Å². The predicted octanol–water partition coefficient (Wildman–Crippen LogP) is 5.81. The number of hydrogen-bond acceptors (Lipinski definition) is 0. The lowest BCUT2D eigenvalue weighted by molar-refractivity contribution is 0.926. The first kappa shape index (κ1) is 21.6. The van der Waals surface area contributed by atoms with Gasteiger partial charge in [0.15, 0.2) is 0 Å². The topological polar surface area (TPSA) is 0 Å². The first-order valence-corrected chi connectivity index (χ1v) is 14.2. The monoisotopic (exact) mass is 455 g/mol. The predicted molar refractivity (Wildman–Crippen MR) is 145 cm³/mol. The van der Waals surface area contributed by atoms with Crippen molar-refractivity contribution in [2.75, 3.05) is 0 Å². The largest absolute Gasteiger partial charge is 0.128 e. The highest BCUT2D eigenvalue weighted by molar-refractivity contribution is 6.93. The zero-order valence-corrected chi connectivity index (χ0v) is 20.9. The Kier molecular flexibility index (Phi) is 6.38. The Morgan fingerprint density at radius 1 is 0.576 bits per heavy atom. The summed E-state index contributed by atoms with van der Waals surface area (Å²) >= 11 is 0. The van der Waals surface area contributed by atoms with Gasteiger partial charge in [-0.3, -0.25) is 0 Å². The molecular formula is C31H27Si2. The summed E-state index contributed by atoms with van der Waals surface area (Å²) in [6.07, 6.45) is 0. The number of benzene rings is 5. The molecule has 0 N–H and O–H groups in total. The molecule has 0 heterocycles. The molecule has 0 aliphatic heterocycles. The lowest BCUT2D eigenvalue weighted by atomic mass is 10.1. The third-order valence-electron chi connectivity index (χ3n) is 6.44. The van der Waals surface area contributed by atoms with Gasteiger partial charge in [0.25, 0.3) is 0 Å². The fourth-order valence-electron chi connectivity index (χ4n) is 4.66. The summed E-state index contributed by atoms with van der Waals surface area (Å²) in [6.45, 7) is 2.52. The van der Waals surface area contributed by atoms with Gasteiger partial charge in [-0.1, -0.05) is 156 Å². The molecule has 0 saturated carbocycles. The average molecular weight is 456 g/mol. The van der Waals surface area contributed by atoms with Crippen LogP contribution < -0.4 is 10.4 Å². The zero-order valence-electron chi connectivity index (χ0n) is 18.9. The van der Waals surface area contributed by atoms with Gasteiger partial charge >= 0.3 is 0 Å². The van der Waals surface area contributed by atoms with Crippen molar-refractivity contribution in [1.82, 2.24) is 0 Å². The van der Waals surface area contributed by atoms with Crippen LogP contribution in [-0.4, -0.2) is 18.3 Å². The van der Waals surface area contributed by atoms with Crippen molar-refractivity contribution in [2.45, 2.75) is 17.6 Å². The molecule has 0 spiro atoms. The van der Waals surface area contributed by atoms with Crippen LogP contribution in [0.3, 0.4) is 0 Å². The molecule has 5 aromatic carbocycles. The first-order chi connectivity index (χ1) is 16.2. The number of hydrogen-bond donors (Lipinski definition) is 0. The summed E-state index contributed by atoms with van der Waals surface area (Å²) in [4.78, 5) is 0. The third-order valence-corrected chi connectivity index (χ3v) is 12.4. The van der Waals surface area contributed by atoms with Crippen LogP contribution in [0, 0.1) is 0 Å². The molecule has 0 amide bonds. The van der Waals surface area contributed by atoms with E-state index >= 15 is 0 Å². The molecule has 0 bridgehead atoms. The van der Waals surface area contributed by atoms with E-state index in [0.29, 0.717) is 0 Å². The van der Waals surface area contributed by atoms with Crippen molar-refractivity contribution in [3.8, 4) is 0 Å². The lowest BCUT2D eigenvalue weighted by Crippen LogP contribution is -2.60. The van der Waals surface area contributed by atoms with Crippen molar-refractivity contribution >= 4 is 39.5 Å². The van der Waals surface area contributed by atoms with Gasteiger partial charge in [0, 0.05) is 0 Å². The smallest absolute Gasteiger partial charge is 0.0628 e. The maximum absolute atomic E-state index is 2.52. The highest BCUT2D eigenvalue weighted by Crippen LogP contribution is 2.30. The van der Waals surface area contributed by atoms with Crippen LogP contribution in [0.15, 0.2) is 133 Å². The van der Waals surface area contributed by atoms with Crippen LogP contribution in [0.5, 0.6) is 0 Å². The molecular weight excluding hydrogens is 429 g/mol. The van der Waals surface area contributed by atoms with E-state index in [0.717, 1.165) is 15.6 Å². The van der Waals surface area contributed by atoms with Gasteiger partial charge in [0.2, 0.25) is 0 Å². The summed E-state index contributed by atoms with van der Waals surface area (Å²) in [5, 5.41) is 5.59.